The van der Waals surface area contributed by atoms with Crippen LogP contribution >= 0.6 is 22.9 Å². The third kappa shape index (κ3) is 2.60. The monoisotopic (exact) mass is 284 g/mol. The minimum Gasteiger partial charge on any atom is -0.299 e. The van der Waals surface area contributed by atoms with Crippen LogP contribution in [0.1, 0.15) is 37.1 Å². The average molecular weight is 285 g/mol. The van der Waals surface area contributed by atoms with Gasteiger partial charge in [0.1, 0.15) is 0 Å². The molecule has 0 saturated carbocycles. The maximum Gasteiger partial charge on any atom is 0.0931 e. The fourth-order valence-electron chi connectivity index (χ4n) is 3.32. The van der Waals surface area contributed by atoms with Crippen LogP contribution in [0.25, 0.3) is 0 Å². The Hall–Kier alpha value is -0.0900. The first-order valence-corrected chi connectivity index (χ1v) is 8.17. The van der Waals surface area contributed by atoms with Gasteiger partial charge >= 0.3 is 0 Å². The van der Waals surface area contributed by atoms with Crippen molar-refractivity contribution in [1.82, 2.24) is 9.80 Å². The molecule has 0 aromatic carbocycles. The number of nitrogens with zero attached hydrogens (tertiary/aromatic N) is 2. The molecule has 100 valence electrons. The SMILES string of the molecule is CC(c1ccc(Cl)s1)N1CCCN2CCCC2C1. The van der Waals surface area contributed by atoms with Gasteiger partial charge in [-0.25, -0.2) is 0 Å². The van der Waals surface area contributed by atoms with Crippen LogP contribution in [-0.4, -0.2) is 42.0 Å². The molecule has 2 nitrogen and oxygen atoms in total. The predicted octanol–water partition coefficient (Wildman–Crippen LogP) is 3.63. The van der Waals surface area contributed by atoms with Crippen LogP contribution in [0.5, 0.6) is 0 Å². The first-order valence-electron chi connectivity index (χ1n) is 6.97. The van der Waals surface area contributed by atoms with Crippen molar-refractivity contribution in [2.24, 2.45) is 0 Å². The quantitative estimate of drug-likeness (QED) is 0.818. The van der Waals surface area contributed by atoms with Crippen LogP contribution in [0.2, 0.25) is 4.34 Å². The van der Waals surface area contributed by atoms with Crippen molar-refractivity contribution in [3.8, 4) is 0 Å². The predicted molar refractivity (Wildman–Crippen MR) is 78.5 cm³/mol. The first kappa shape index (κ1) is 12.9. The molecule has 18 heavy (non-hydrogen) atoms. The Morgan fingerprint density at radius 1 is 1.28 bits per heavy atom. The molecular weight excluding hydrogens is 264 g/mol. The number of halogens is 1. The standard InChI is InChI=1S/C14H21ClN2S/c1-11(13-5-6-14(15)18-13)17-9-3-8-16-7-2-4-12(16)10-17/h5-6,11-12H,2-4,7-10H2,1H3. The highest BCUT2D eigenvalue weighted by Gasteiger charge is 2.30. The van der Waals surface area contributed by atoms with Crippen molar-refractivity contribution in [2.45, 2.75) is 38.3 Å². The number of rotatable bonds is 2. The Balaban J connectivity index is 1.71. The number of hydrogen-bond donors (Lipinski definition) is 0. The summed E-state index contributed by atoms with van der Waals surface area (Å²) in [5, 5.41) is 0. The topological polar surface area (TPSA) is 6.48 Å². The van der Waals surface area contributed by atoms with Crippen LogP contribution in [0.4, 0.5) is 0 Å². The summed E-state index contributed by atoms with van der Waals surface area (Å²) in [6.07, 6.45) is 4.08. The van der Waals surface area contributed by atoms with Gasteiger partial charge in [-0.1, -0.05) is 11.6 Å². The Bertz CT molecular complexity index is 406. The molecule has 4 heteroatoms. The highest BCUT2D eigenvalue weighted by molar-refractivity contribution is 7.16. The smallest absolute Gasteiger partial charge is 0.0931 e. The third-order valence-electron chi connectivity index (χ3n) is 4.39. The number of thiophene rings is 1. The van der Waals surface area contributed by atoms with Gasteiger partial charge in [0.25, 0.3) is 0 Å². The molecule has 2 unspecified atom stereocenters. The van der Waals surface area contributed by atoms with Gasteiger partial charge in [-0.3, -0.25) is 9.80 Å². The second-order valence-electron chi connectivity index (χ2n) is 5.50. The van der Waals surface area contributed by atoms with Crippen LogP contribution in [-0.2, 0) is 0 Å². The van der Waals surface area contributed by atoms with Crippen molar-refractivity contribution >= 4 is 22.9 Å². The maximum atomic E-state index is 6.06. The van der Waals surface area contributed by atoms with E-state index in [0.29, 0.717) is 6.04 Å². The zero-order valence-corrected chi connectivity index (χ0v) is 12.5. The van der Waals surface area contributed by atoms with E-state index in [-0.39, 0.29) is 0 Å². The lowest BCUT2D eigenvalue weighted by molar-refractivity contribution is 0.184. The second kappa shape index (κ2) is 5.49. The molecule has 2 aliphatic rings. The molecular formula is C14H21ClN2S. The molecule has 0 N–H and O–H groups in total. The lowest BCUT2D eigenvalue weighted by atomic mass is 10.1. The van der Waals surface area contributed by atoms with E-state index in [1.165, 1.54) is 50.3 Å². The summed E-state index contributed by atoms with van der Waals surface area (Å²) in [7, 11) is 0. The Morgan fingerprint density at radius 2 is 2.11 bits per heavy atom. The third-order valence-corrected chi connectivity index (χ3v) is 5.79. The minimum absolute atomic E-state index is 0.517. The molecule has 0 aliphatic carbocycles. The van der Waals surface area contributed by atoms with Crippen LogP contribution in [0.3, 0.4) is 0 Å². The van der Waals surface area contributed by atoms with E-state index in [9.17, 15) is 0 Å². The molecule has 0 spiro atoms. The molecule has 1 aromatic rings. The number of fused-ring (bicyclic) bond motifs is 1. The van der Waals surface area contributed by atoms with Crippen LogP contribution < -0.4 is 0 Å². The molecule has 2 saturated heterocycles. The van der Waals surface area contributed by atoms with Gasteiger partial charge in [-0.15, -0.1) is 11.3 Å². The maximum absolute atomic E-state index is 6.06. The number of hydrogen-bond acceptors (Lipinski definition) is 3. The molecule has 3 rings (SSSR count). The van der Waals surface area contributed by atoms with E-state index in [1.54, 1.807) is 11.3 Å². The highest BCUT2D eigenvalue weighted by Crippen LogP contribution is 2.32. The molecule has 2 aliphatic heterocycles. The second-order valence-corrected chi connectivity index (χ2v) is 7.25. The molecule has 0 bridgehead atoms. The fourth-order valence-corrected chi connectivity index (χ4v) is 4.47. The van der Waals surface area contributed by atoms with Gasteiger partial charge < -0.3 is 0 Å². The van der Waals surface area contributed by atoms with Crippen molar-refractivity contribution in [1.29, 1.82) is 0 Å². The lowest BCUT2D eigenvalue weighted by Crippen LogP contribution is -2.37. The van der Waals surface area contributed by atoms with E-state index in [0.717, 1.165) is 10.4 Å². The minimum atomic E-state index is 0.517. The fraction of sp³-hybridized carbons (Fsp3) is 0.714. The van der Waals surface area contributed by atoms with E-state index in [4.69, 9.17) is 11.6 Å². The van der Waals surface area contributed by atoms with E-state index in [2.05, 4.69) is 22.8 Å². The zero-order chi connectivity index (χ0) is 12.5. The van der Waals surface area contributed by atoms with Gasteiger partial charge in [0.15, 0.2) is 0 Å². The molecule has 2 fully saturated rings. The summed E-state index contributed by atoms with van der Waals surface area (Å²) in [6, 6.07) is 5.53. The van der Waals surface area contributed by atoms with Crippen molar-refractivity contribution in [2.75, 3.05) is 26.2 Å². The molecule has 0 radical (unpaired) electrons. The highest BCUT2D eigenvalue weighted by atomic mass is 35.5. The molecule has 0 amide bonds. The van der Waals surface area contributed by atoms with Crippen molar-refractivity contribution in [3.63, 3.8) is 0 Å². The van der Waals surface area contributed by atoms with Gasteiger partial charge in [0, 0.05) is 30.1 Å². The summed E-state index contributed by atoms with van der Waals surface area (Å²) in [6.45, 7) is 7.39. The van der Waals surface area contributed by atoms with Gasteiger partial charge in [0.2, 0.25) is 0 Å². The molecule has 2 atom stereocenters. The summed E-state index contributed by atoms with van der Waals surface area (Å²) in [5.74, 6) is 0. The Labute approximate surface area is 119 Å². The van der Waals surface area contributed by atoms with Crippen LogP contribution in [0.15, 0.2) is 12.1 Å². The summed E-state index contributed by atoms with van der Waals surface area (Å²) in [5.41, 5.74) is 0. The zero-order valence-electron chi connectivity index (χ0n) is 10.9. The van der Waals surface area contributed by atoms with E-state index >= 15 is 0 Å². The van der Waals surface area contributed by atoms with Gasteiger partial charge in [-0.05, 0) is 51.4 Å². The Morgan fingerprint density at radius 3 is 2.89 bits per heavy atom. The normalized spacial score (nSPS) is 28.0. The Kier molecular flexibility index (Phi) is 3.94. The van der Waals surface area contributed by atoms with E-state index < -0.39 is 0 Å². The molecule has 3 heterocycles. The largest absolute Gasteiger partial charge is 0.299 e. The summed E-state index contributed by atoms with van der Waals surface area (Å²) >= 11 is 7.79. The summed E-state index contributed by atoms with van der Waals surface area (Å²) < 4.78 is 0.911. The van der Waals surface area contributed by atoms with Crippen molar-refractivity contribution in [3.05, 3.63) is 21.3 Å². The van der Waals surface area contributed by atoms with Crippen LogP contribution in [0, 0.1) is 0 Å². The first-order chi connectivity index (χ1) is 8.74. The van der Waals surface area contributed by atoms with Gasteiger partial charge in [0.05, 0.1) is 4.34 Å². The van der Waals surface area contributed by atoms with Gasteiger partial charge in [-0.2, -0.15) is 0 Å². The van der Waals surface area contributed by atoms with E-state index in [1.807, 2.05) is 6.07 Å². The summed E-state index contributed by atoms with van der Waals surface area (Å²) in [4.78, 5) is 6.75. The molecule has 1 aromatic heterocycles. The lowest BCUT2D eigenvalue weighted by Gasteiger charge is -2.30. The average Bonchev–Trinajstić information content (AvgIpc) is 2.93. The van der Waals surface area contributed by atoms with Crippen molar-refractivity contribution < 1.29 is 0 Å².